The van der Waals surface area contributed by atoms with Crippen molar-refractivity contribution < 1.29 is 0 Å². The Morgan fingerprint density at radius 3 is 1.81 bits per heavy atom. The molecule has 4 aliphatic rings. The van der Waals surface area contributed by atoms with Gasteiger partial charge in [0.15, 0.2) is 0 Å². The van der Waals surface area contributed by atoms with Crippen molar-refractivity contribution in [3.05, 3.63) is 186 Å². The first-order valence-corrected chi connectivity index (χ1v) is 22.5. The van der Waals surface area contributed by atoms with Crippen LogP contribution in [0.5, 0.6) is 0 Å². The van der Waals surface area contributed by atoms with Gasteiger partial charge in [-0.25, -0.2) is 0 Å². The molecule has 0 N–H and O–H groups in total. The number of hydrogen-bond donors (Lipinski definition) is 0. The van der Waals surface area contributed by atoms with Crippen molar-refractivity contribution in [3.63, 3.8) is 0 Å². The van der Waals surface area contributed by atoms with Crippen LogP contribution in [0.25, 0.3) is 44.5 Å². The molecule has 3 atom stereocenters. The number of fused-ring (bicyclic) bond motifs is 5. The van der Waals surface area contributed by atoms with E-state index < -0.39 is 0 Å². The molecule has 7 aromatic carbocycles. The van der Waals surface area contributed by atoms with Gasteiger partial charge in [0, 0.05) is 22.4 Å². The first-order valence-electron chi connectivity index (χ1n) is 22.5. The van der Waals surface area contributed by atoms with Crippen LogP contribution in [0.2, 0.25) is 0 Å². The Morgan fingerprint density at radius 1 is 0.441 bits per heavy atom. The zero-order valence-electron chi connectivity index (χ0n) is 34.7. The van der Waals surface area contributed by atoms with Crippen molar-refractivity contribution in [2.24, 2.45) is 11.8 Å². The molecule has 4 aliphatic carbocycles. The lowest BCUT2D eigenvalue weighted by Crippen LogP contribution is -2.17. The lowest BCUT2D eigenvalue weighted by molar-refractivity contribution is 0.420. The zero-order chi connectivity index (χ0) is 39.5. The maximum atomic E-state index is 2.55. The van der Waals surface area contributed by atoms with Gasteiger partial charge in [0.1, 0.15) is 0 Å². The van der Waals surface area contributed by atoms with Gasteiger partial charge in [-0.05, 0) is 153 Å². The monoisotopic (exact) mass is 765 g/mol. The van der Waals surface area contributed by atoms with E-state index in [9.17, 15) is 0 Å². The summed E-state index contributed by atoms with van der Waals surface area (Å²) in [5, 5.41) is 0. The van der Waals surface area contributed by atoms with Crippen LogP contribution in [-0.4, -0.2) is 0 Å². The van der Waals surface area contributed by atoms with Crippen LogP contribution >= 0.6 is 0 Å². The Balaban J connectivity index is 1.06. The van der Waals surface area contributed by atoms with E-state index in [-0.39, 0.29) is 5.41 Å². The van der Waals surface area contributed by atoms with E-state index in [0.29, 0.717) is 11.8 Å². The van der Waals surface area contributed by atoms with E-state index in [1.54, 1.807) is 0 Å². The van der Waals surface area contributed by atoms with Crippen molar-refractivity contribution >= 4 is 17.1 Å². The summed E-state index contributed by atoms with van der Waals surface area (Å²) < 4.78 is 0. The number of benzene rings is 7. The molecule has 0 aliphatic heterocycles. The van der Waals surface area contributed by atoms with E-state index in [0.717, 1.165) is 11.8 Å². The van der Waals surface area contributed by atoms with Crippen LogP contribution in [0.1, 0.15) is 106 Å². The fraction of sp³-hybridized carbons (Fsp3) is 0.276. The van der Waals surface area contributed by atoms with Crippen LogP contribution < -0.4 is 4.90 Å². The van der Waals surface area contributed by atoms with E-state index in [2.05, 4.69) is 183 Å². The predicted molar refractivity (Wildman–Crippen MR) is 249 cm³/mol. The van der Waals surface area contributed by atoms with Gasteiger partial charge in [0.2, 0.25) is 0 Å². The van der Waals surface area contributed by atoms with E-state index in [1.165, 1.54) is 142 Å². The minimum absolute atomic E-state index is 0.124. The van der Waals surface area contributed by atoms with E-state index >= 15 is 0 Å². The third kappa shape index (κ3) is 6.55. The van der Waals surface area contributed by atoms with Crippen molar-refractivity contribution in [1.29, 1.82) is 0 Å². The van der Waals surface area contributed by atoms with Crippen LogP contribution in [0.4, 0.5) is 17.1 Å². The highest BCUT2D eigenvalue weighted by atomic mass is 15.1. The predicted octanol–water partition coefficient (Wildman–Crippen LogP) is 16.4. The fourth-order valence-electron chi connectivity index (χ4n) is 11.8. The average molecular weight is 766 g/mol. The molecule has 59 heavy (non-hydrogen) atoms. The SMILES string of the molecule is CC1(C)c2ccccc2-c2cc(-c3ccc(-c4ccccc4)cc3)c(N(c3ccc(-c4cccc(C5CCCCC5)c4)cc3)c3ccc(C4CC5CCC4C5)cc3)cc21. The lowest BCUT2D eigenvalue weighted by Gasteiger charge is -2.31. The lowest BCUT2D eigenvalue weighted by atomic mass is 9.81. The molecule has 0 saturated heterocycles. The van der Waals surface area contributed by atoms with Crippen LogP contribution in [0, 0.1) is 11.8 Å². The molecular weight excluding hydrogens is 711 g/mol. The molecule has 11 rings (SSSR count). The molecule has 2 bridgehead atoms. The van der Waals surface area contributed by atoms with Crippen molar-refractivity contribution in [2.75, 3.05) is 4.90 Å². The normalized spacial score (nSPS) is 20.3. The molecule has 1 heteroatoms. The van der Waals surface area contributed by atoms with Gasteiger partial charge < -0.3 is 4.90 Å². The Labute approximate surface area is 351 Å². The summed E-state index contributed by atoms with van der Waals surface area (Å²) >= 11 is 0. The molecule has 3 saturated carbocycles. The maximum absolute atomic E-state index is 2.55. The second kappa shape index (κ2) is 14.9. The van der Waals surface area contributed by atoms with Gasteiger partial charge in [-0.3, -0.25) is 0 Å². The van der Waals surface area contributed by atoms with Crippen LogP contribution in [0.3, 0.4) is 0 Å². The fourth-order valence-corrected chi connectivity index (χ4v) is 11.8. The molecule has 3 unspecified atom stereocenters. The standard InChI is InChI=1S/C58H55N/c1-58(2)55-19-10-9-18-51(55)54-37-53(45-24-22-42(23-25-45)40-12-5-3-6-13-40)57(38-56(54)58)59(50-32-28-44(29-33-50)52-35-39-20-21-48(52)34-39)49-30-26-43(27-31-49)47-17-11-16-46(36-47)41-14-7-4-8-15-41/h3,5-6,9-13,16-19,22-33,36-39,41,48,52H,4,7-8,14-15,20-21,34-35H2,1-2H3. The number of anilines is 3. The molecule has 0 aromatic heterocycles. The van der Waals surface area contributed by atoms with Gasteiger partial charge in [-0.1, -0.05) is 167 Å². The molecule has 3 fully saturated rings. The molecule has 7 aromatic rings. The minimum atomic E-state index is -0.124. The molecule has 0 spiro atoms. The van der Waals surface area contributed by atoms with Crippen LogP contribution in [0.15, 0.2) is 164 Å². The summed E-state index contributed by atoms with van der Waals surface area (Å²) in [4.78, 5) is 2.55. The van der Waals surface area contributed by atoms with Crippen molar-refractivity contribution in [1.82, 2.24) is 0 Å². The van der Waals surface area contributed by atoms with Gasteiger partial charge in [0.05, 0.1) is 5.69 Å². The Morgan fingerprint density at radius 2 is 1.08 bits per heavy atom. The smallest absolute Gasteiger partial charge is 0.0543 e. The minimum Gasteiger partial charge on any atom is -0.310 e. The second-order valence-corrected chi connectivity index (χ2v) is 18.7. The van der Waals surface area contributed by atoms with Gasteiger partial charge in [0.25, 0.3) is 0 Å². The molecule has 292 valence electrons. The molecule has 0 radical (unpaired) electrons. The summed E-state index contributed by atoms with van der Waals surface area (Å²) in [6, 6.07) is 62.7. The van der Waals surface area contributed by atoms with Crippen LogP contribution in [-0.2, 0) is 5.41 Å². The largest absolute Gasteiger partial charge is 0.310 e. The van der Waals surface area contributed by atoms with Gasteiger partial charge in [-0.2, -0.15) is 0 Å². The zero-order valence-corrected chi connectivity index (χ0v) is 34.7. The van der Waals surface area contributed by atoms with Crippen molar-refractivity contribution in [3.8, 4) is 44.5 Å². The highest BCUT2D eigenvalue weighted by Crippen LogP contribution is 2.55. The first kappa shape index (κ1) is 36.4. The highest BCUT2D eigenvalue weighted by Gasteiger charge is 2.40. The number of hydrogen-bond acceptors (Lipinski definition) is 1. The summed E-state index contributed by atoms with van der Waals surface area (Å²) in [6.45, 7) is 4.81. The maximum Gasteiger partial charge on any atom is 0.0543 e. The molecular formula is C58H55N. The quantitative estimate of drug-likeness (QED) is 0.149. The van der Waals surface area contributed by atoms with Gasteiger partial charge >= 0.3 is 0 Å². The molecule has 1 nitrogen and oxygen atoms in total. The third-order valence-corrected chi connectivity index (χ3v) is 15.0. The van der Waals surface area contributed by atoms with Gasteiger partial charge in [-0.15, -0.1) is 0 Å². The Bertz CT molecular complexity index is 2610. The Hall–Kier alpha value is -5.66. The first-order chi connectivity index (χ1) is 29.0. The number of rotatable bonds is 8. The van der Waals surface area contributed by atoms with E-state index in [4.69, 9.17) is 0 Å². The average Bonchev–Trinajstić information content (AvgIpc) is 4.00. The van der Waals surface area contributed by atoms with E-state index in [1.807, 2.05) is 0 Å². The highest BCUT2D eigenvalue weighted by molar-refractivity contribution is 5.95. The summed E-state index contributed by atoms with van der Waals surface area (Å²) in [5.74, 6) is 3.18. The summed E-state index contributed by atoms with van der Waals surface area (Å²) in [6.07, 6.45) is 12.3. The molecule has 0 amide bonds. The Kier molecular flexibility index (Phi) is 9.18. The number of nitrogens with zero attached hydrogens (tertiary/aromatic N) is 1. The second-order valence-electron chi connectivity index (χ2n) is 18.7. The summed E-state index contributed by atoms with van der Waals surface area (Å²) in [7, 11) is 0. The van der Waals surface area contributed by atoms with Crippen molar-refractivity contribution in [2.45, 2.75) is 88.9 Å². The third-order valence-electron chi connectivity index (χ3n) is 15.0. The molecule has 0 heterocycles. The topological polar surface area (TPSA) is 3.24 Å². The summed E-state index contributed by atoms with van der Waals surface area (Å²) in [5.41, 5.74) is 19.5.